The number of rotatable bonds is 5. The Morgan fingerprint density at radius 3 is 2.94 bits per heavy atom. The van der Waals surface area contributed by atoms with Gasteiger partial charge < -0.3 is 9.88 Å². The lowest BCUT2D eigenvalue weighted by atomic mass is 10.4. The number of hydrogen-bond acceptors (Lipinski definition) is 3. The van der Waals surface area contributed by atoms with E-state index in [2.05, 4.69) is 22.0 Å². The number of aryl methyl sites for hydroxylation is 2. The van der Waals surface area contributed by atoms with Crippen LogP contribution in [0.15, 0.2) is 31.2 Å². The van der Waals surface area contributed by atoms with Crippen molar-refractivity contribution in [3.63, 3.8) is 0 Å². The van der Waals surface area contributed by atoms with E-state index >= 15 is 0 Å². The summed E-state index contributed by atoms with van der Waals surface area (Å²) in [4.78, 5) is 4.43. The molecule has 0 radical (unpaired) electrons. The van der Waals surface area contributed by atoms with E-state index in [9.17, 15) is 0 Å². The molecule has 5 nitrogen and oxygen atoms in total. The Morgan fingerprint density at radius 1 is 1.47 bits per heavy atom. The summed E-state index contributed by atoms with van der Waals surface area (Å²) >= 11 is 0. The van der Waals surface area contributed by atoms with Crippen molar-refractivity contribution in [3.05, 3.63) is 42.5 Å². The van der Waals surface area contributed by atoms with E-state index in [1.165, 1.54) is 0 Å². The molecule has 90 valence electrons. The Labute approximate surface area is 101 Å². The minimum Gasteiger partial charge on any atom is -0.351 e. The summed E-state index contributed by atoms with van der Waals surface area (Å²) in [5, 5.41) is 7.43. The Morgan fingerprint density at radius 2 is 2.29 bits per heavy atom. The van der Waals surface area contributed by atoms with E-state index in [0.29, 0.717) is 0 Å². The summed E-state index contributed by atoms with van der Waals surface area (Å²) in [6, 6.07) is 0. The van der Waals surface area contributed by atoms with E-state index in [-0.39, 0.29) is 0 Å². The van der Waals surface area contributed by atoms with Gasteiger partial charge in [-0.25, -0.2) is 4.98 Å². The van der Waals surface area contributed by atoms with Crippen LogP contribution in [0.3, 0.4) is 0 Å². The second kappa shape index (κ2) is 4.86. The lowest BCUT2D eigenvalue weighted by Crippen LogP contribution is -2.06. The zero-order chi connectivity index (χ0) is 12.3. The molecule has 0 atom stereocenters. The van der Waals surface area contributed by atoms with Gasteiger partial charge >= 0.3 is 0 Å². The van der Waals surface area contributed by atoms with Gasteiger partial charge in [0.2, 0.25) is 5.95 Å². The number of allylic oxidation sites excluding steroid dienone is 1. The minimum atomic E-state index is 0.724. The van der Waals surface area contributed by atoms with Crippen molar-refractivity contribution in [2.24, 2.45) is 7.05 Å². The molecule has 0 fully saturated rings. The lowest BCUT2D eigenvalue weighted by Gasteiger charge is -2.06. The number of anilines is 1. The van der Waals surface area contributed by atoms with Crippen molar-refractivity contribution in [1.82, 2.24) is 19.3 Å². The lowest BCUT2D eigenvalue weighted by molar-refractivity contribution is 0.767. The van der Waals surface area contributed by atoms with Gasteiger partial charge in [0, 0.05) is 38.1 Å². The number of aromatic nitrogens is 4. The Balaban J connectivity index is 2.05. The maximum absolute atomic E-state index is 4.43. The van der Waals surface area contributed by atoms with Crippen molar-refractivity contribution in [2.75, 3.05) is 5.32 Å². The third-order valence-corrected chi connectivity index (χ3v) is 2.43. The van der Waals surface area contributed by atoms with Gasteiger partial charge in [0.15, 0.2) is 0 Å². The van der Waals surface area contributed by atoms with Gasteiger partial charge in [-0.1, -0.05) is 6.08 Å². The average molecular weight is 231 g/mol. The van der Waals surface area contributed by atoms with E-state index in [1.807, 2.05) is 43.2 Å². The molecule has 0 aliphatic rings. The molecule has 17 heavy (non-hydrogen) atoms. The van der Waals surface area contributed by atoms with Crippen LogP contribution in [-0.2, 0) is 20.1 Å². The fourth-order valence-electron chi connectivity index (χ4n) is 1.71. The average Bonchev–Trinajstić information content (AvgIpc) is 2.83. The van der Waals surface area contributed by atoms with Crippen LogP contribution in [-0.4, -0.2) is 19.3 Å². The highest BCUT2D eigenvalue weighted by atomic mass is 15.2. The number of nitrogens with one attached hydrogen (secondary N) is 1. The summed E-state index contributed by atoms with van der Waals surface area (Å²) in [6.07, 6.45) is 7.70. The van der Waals surface area contributed by atoms with E-state index < -0.39 is 0 Å². The molecule has 1 N–H and O–H groups in total. The molecule has 0 aliphatic carbocycles. The van der Waals surface area contributed by atoms with Crippen LogP contribution in [0.1, 0.15) is 11.3 Å². The number of hydrogen-bond donors (Lipinski definition) is 1. The predicted octanol–water partition coefficient (Wildman–Crippen LogP) is 1.72. The zero-order valence-corrected chi connectivity index (χ0v) is 10.2. The molecule has 0 aliphatic heterocycles. The number of nitrogens with zero attached hydrogens (tertiary/aromatic N) is 4. The van der Waals surface area contributed by atoms with Crippen LogP contribution in [0.25, 0.3) is 0 Å². The summed E-state index contributed by atoms with van der Waals surface area (Å²) < 4.78 is 3.83. The Kier molecular flexibility index (Phi) is 3.27. The highest BCUT2D eigenvalue weighted by Gasteiger charge is 2.04. The third kappa shape index (κ3) is 2.75. The van der Waals surface area contributed by atoms with Gasteiger partial charge in [-0.3, -0.25) is 4.68 Å². The molecule has 2 rings (SSSR count). The van der Waals surface area contributed by atoms with Gasteiger partial charge in [0.1, 0.15) is 0 Å². The van der Waals surface area contributed by atoms with Gasteiger partial charge in [0.05, 0.1) is 11.9 Å². The highest BCUT2D eigenvalue weighted by molar-refractivity contribution is 5.30. The standard InChI is InChI=1S/C12H17N5/c1-4-5-17-8-10(2)15-12(17)13-6-11-7-14-16(3)9-11/h4,7-9H,1,5-6H2,2-3H3,(H,13,15). The fourth-order valence-corrected chi connectivity index (χ4v) is 1.71. The van der Waals surface area contributed by atoms with Crippen LogP contribution < -0.4 is 5.32 Å². The smallest absolute Gasteiger partial charge is 0.203 e. The summed E-state index contributed by atoms with van der Waals surface area (Å²) in [5.41, 5.74) is 2.14. The van der Waals surface area contributed by atoms with Crippen molar-refractivity contribution in [1.29, 1.82) is 0 Å². The second-order valence-electron chi connectivity index (χ2n) is 4.02. The van der Waals surface area contributed by atoms with Crippen LogP contribution in [0.4, 0.5) is 5.95 Å². The van der Waals surface area contributed by atoms with Crippen LogP contribution >= 0.6 is 0 Å². The van der Waals surface area contributed by atoms with Gasteiger partial charge in [-0.05, 0) is 6.92 Å². The topological polar surface area (TPSA) is 47.7 Å². The maximum atomic E-state index is 4.43. The van der Waals surface area contributed by atoms with Crippen molar-refractivity contribution >= 4 is 5.95 Å². The third-order valence-electron chi connectivity index (χ3n) is 2.43. The van der Waals surface area contributed by atoms with E-state index in [4.69, 9.17) is 0 Å². The maximum Gasteiger partial charge on any atom is 0.203 e. The molecule has 5 heteroatoms. The van der Waals surface area contributed by atoms with Gasteiger partial charge in [-0.15, -0.1) is 6.58 Å². The fraction of sp³-hybridized carbons (Fsp3) is 0.333. The van der Waals surface area contributed by atoms with Crippen LogP contribution in [0.5, 0.6) is 0 Å². The number of imidazole rings is 1. The molecule has 2 aromatic heterocycles. The summed E-state index contributed by atoms with van der Waals surface area (Å²) in [7, 11) is 1.91. The van der Waals surface area contributed by atoms with Crippen molar-refractivity contribution < 1.29 is 0 Å². The molecule has 0 spiro atoms. The molecule has 0 bridgehead atoms. The van der Waals surface area contributed by atoms with Crippen LogP contribution in [0.2, 0.25) is 0 Å². The zero-order valence-electron chi connectivity index (χ0n) is 10.2. The highest BCUT2D eigenvalue weighted by Crippen LogP contribution is 2.10. The molecule has 0 saturated carbocycles. The molecule has 0 aromatic carbocycles. The first-order chi connectivity index (χ1) is 8.19. The summed E-state index contributed by atoms with van der Waals surface area (Å²) in [6.45, 7) is 7.20. The van der Waals surface area contributed by atoms with Crippen LogP contribution in [0, 0.1) is 6.92 Å². The van der Waals surface area contributed by atoms with E-state index in [0.717, 1.165) is 30.3 Å². The molecular weight excluding hydrogens is 214 g/mol. The summed E-state index contributed by atoms with van der Waals surface area (Å²) in [5.74, 6) is 0.867. The monoisotopic (exact) mass is 231 g/mol. The minimum absolute atomic E-state index is 0.724. The predicted molar refractivity (Wildman–Crippen MR) is 67.7 cm³/mol. The molecule has 2 heterocycles. The molecule has 2 aromatic rings. The van der Waals surface area contributed by atoms with Gasteiger partial charge in [-0.2, -0.15) is 5.10 Å². The Bertz CT molecular complexity index is 509. The first-order valence-corrected chi connectivity index (χ1v) is 5.55. The van der Waals surface area contributed by atoms with E-state index in [1.54, 1.807) is 4.68 Å². The SMILES string of the molecule is C=CCn1cc(C)nc1NCc1cnn(C)c1. The largest absolute Gasteiger partial charge is 0.351 e. The first-order valence-electron chi connectivity index (χ1n) is 5.55. The molecule has 0 saturated heterocycles. The quantitative estimate of drug-likeness (QED) is 0.797. The molecule has 0 unspecified atom stereocenters. The van der Waals surface area contributed by atoms with Crippen molar-refractivity contribution in [2.45, 2.75) is 20.0 Å². The molecular formula is C12H17N5. The first kappa shape index (κ1) is 11.4. The Hall–Kier alpha value is -2.04. The van der Waals surface area contributed by atoms with Crippen molar-refractivity contribution in [3.8, 4) is 0 Å². The second-order valence-corrected chi connectivity index (χ2v) is 4.02. The molecule has 0 amide bonds. The van der Waals surface area contributed by atoms with Gasteiger partial charge in [0.25, 0.3) is 0 Å². The normalized spacial score (nSPS) is 10.5.